The van der Waals surface area contributed by atoms with Crippen molar-refractivity contribution in [3.63, 3.8) is 0 Å². The van der Waals surface area contributed by atoms with E-state index in [0.717, 1.165) is 161 Å². The van der Waals surface area contributed by atoms with E-state index in [4.69, 9.17) is 29.9 Å². The maximum Gasteiger partial charge on any atom is 0.164 e. The van der Waals surface area contributed by atoms with Gasteiger partial charge in [0.1, 0.15) is 0 Å². The van der Waals surface area contributed by atoms with Gasteiger partial charge < -0.3 is 4.57 Å². The predicted molar refractivity (Wildman–Crippen MR) is 492 cm³/mol. The van der Waals surface area contributed by atoms with Gasteiger partial charge in [0.05, 0.1) is 11.0 Å². The molecule has 20 aromatic rings. The minimum atomic E-state index is -0.359. The standard InChI is InChI=1S/C112H77N7/c1-112(2)101-56-29-28-53-97(101)100-71-99(81-50-31-52-83(58-81)107-115-110(94-67-88(76-41-20-8-21-42-76)61-89(68-94)77-43-22-9-23-44-77)118-111(116-107)95-69-90(78-45-24-10-25-46-78)62-91(70-95)79-47-26-11-27-48-79)105-102(103(100)112)98-55-32-54-96(104(98)119(105)3)80-49-30-51-82(57-80)106-113-108(92-63-84(72-33-12-4-13-34-72)59-85(64-92)73-35-14-5-15-36-73)117-109(114-106)93-65-86(74-37-16-6-17-38-74)60-87(66-93)75-39-18-7-19-40-75/h4-71H,1-3H3. The second-order valence-electron chi connectivity index (χ2n) is 31.4. The summed E-state index contributed by atoms with van der Waals surface area (Å²) < 4.78 is 2.45. The first-order valence-electron chi connectivity index (χ1n) is 40.6. The molecule has 0 N–H and O–H groups in total. The highest BCUT2D eigenvalue weighted by molar-refractivity contribution is 6.20. The number of para-hydroxylation sites is 1. The highest BCUT2D eigenvalue weighted by atomic mass is 15.0. The molecule has 0 spiro atoms. The number of benzene rings is 17. The van der Waals surface area contributed by atoms with Crippen LogP contribution in [0.2, 0.25) is 0 Å². The molecule has 7 heteroatoms. The van der Waals surface area contributed by atoms with Gasteiger partial charge in [-0.25, -0.2) is 29.9 Å². The molecule has 0 radical (unpaired) electrons. The molecule has 0 amide bonds. The van der Waals surface area contributed by atoms with Crippen LogP contribution in [0.4, 0.5) is 0 Å². The van der Waals surface area contributed by atoms with Gasteiger partial charge in [-0.05, 0) is 213 Å². The van der Waals surface area contributed by atoms with Crippen molar-refractivity contribution in [2.75, 3.05) is 0 Å². The number of nitrogens with zero attached hydrogens (tertiary/aromatic N) is 7. The molecule has 3 heterocycles. The fourth-order valence-corrected chi connectivity index (χ4v) is 17.8. The zero-order valence-corrected chi connectivity index (χ0v) is 65.9. The number of hydrogen-bond acceptors (Lipinski definition) is 6. The average Bonchev–Trinajstić information content (AvgIpc) is 1.53. The molecule has 7 nitrogen and oxygen atoms in total. The first-order valence-corrected chi connectivity index (χ1v) is 40.6. The molecule has 119 heavy (non-hydrogen) atoms. The van der Waals surface area contributed by atoms with Gasteiger partial charge >= 0.3 is 0 Å². The van der Waals surface area contributed by atoms with E-state index in [-0.39, 0.29) is 5.41 Å². The number of hydrogen-bond donors (Lipinski definition) is 0. The van der Waals surface area contributed by atoms with Gasteiger partial charge in [-0.3, -0.25) is 0 Å². The molecule has 17 aromatic carbocycles. The van der Waals surface area contributed by atoms with Gasteiger partial charge in [0.15, 0.2) is 34.9 Å². The van der Waals surface area contributed by atoms with Crippen molar-refractivity contribution in [3.05, 3.63) is 424 Å². The maximum atomic E-state index is 5.62. The van der Waals surface area contributed by atoms with Crippen molar-refractivity contribution < 1.29 is 0 Å². The zero-order chi connectivity index (χ0) is 79.5. The van der Waals surface area contributed by atoms with Crippen molar-refractivity contribution in [1.82, 2.24) is 34.5 Å². The fraction of sp³-hybridized carbons (Fsp3) is 0.0357. The van der Waals surface area contributed by atoms with Crippen LogP contribution in [0.25, 0.3) is 213 Å². The van der Waals surface area contributed by atoms with Crippen LogP contribution in [0.15, 0.2) is 413 Å². The summed E-state index contributed by atoms with van der Waals surface area (Å²) in [5, 5.41) is 2.38. The second-order valence-corrected chi connectivity index (χ2v) is 31.4. The van der Waals surface area contributed by atoms with E-state index < -0.39 is 0 Å². The largest absolute Gasteiger partial charge is 0.343 e. The van der Waals surface area contributed by atoms with Crippen LogP contribution in [-0.2, 0) is 12.5 Å². The van der Waals surface area contributed by atoms with Gasteiger partial charge in [-0.1, -0.05) is 335 Å². The van der Waals surface area contributed by atoms with E-state index >= 15 is 0 Å². The summed E-state index contributed by atoms with van der Waals surface area (Å²) in [5.74, 6) is 3.37. The van der Waals surface area contributed by atoms with E-state index in [1.165, 1.54) is 27.6 Å². The summed E-state index contributed by atoms with van der Waals surface area (Å²) in [4.78, 5) is 33.5. The molecule has 21 rings (SSSR count). The molecular formula is C112H77N7. The number of aryl methyl sites for hydroxylation is 1. The molecule has 560 valence electrons. The summed E-state index contributed by atoms with van der Waals surface area (Å²) in [7, 11) is 2.25. The summed E-state index contributed by atoms with van der Waals surface area (Å²) in [5.41, 5.74) is 33.6. The van der Waals surface area contributed by atoms with Crippen LogP contribution >= 0.6 is 0 Å². The van der Waals surface area contributed by atoms with Gasteiger partial charge in [-0.2, -0.15) is 0 Å². The van der Waals surface area contributed by atoms with Crippen molar-refractivity contribution in [2.45, 2.75) is 19.3 Å². The minimum Gasteiger partial charge on any atom is -0.343 e. The molecule has 0 atom stereocenters. The maximum absolute atomic E-state index is 5.62. The first-order chi connectivity index (χ1) is 58.6. The molecule has 0 aliphatic heterocycles. The Hall–Kier alpha value is -15.4. The fourth-order valence-electron chi connectivity index (χ4n) is 17.8. The van der Waals surface area contributed by atoms with E-state index in [1.807, 2.05) is 0 Å². The summed E-state index contributed by atoms with van der Waals surface area (Å²) in [6.07, 6.45) is 0. The normalized spacial score (nSPS) is 12.1. The van der Waals surface area contributed by atoms with Crippen LogP contribution in [0, 0.1) is 0 Å². The average molecular weight is 1520 g/mol. The van der Waals surface area contributed by atoms with Gasteiger partial charge in [0, 0.05) is 67.7 Å². The summed E-state index contributed by atoms with van der Waals surface area (Å²) in [6, 6.07) is 147. The number of rotatable bonds is 16. The molecule has 0 fully saturated rings. The quantitative estimate of drug-likeness (QED) is 0.0959. The molecule has 0 bridgehead atoms. The topological polar surface area (TPSA) is 82.3 Å². The Bertz CT molecular complexity index is 6750. The Kier molecular flexibility index (Phi) is 18.0. The van der Waals surface area contributed by atoms with Gasteiger partial charge in [0.2, 0.25) is 0 Å². The lowest BCUT2D eigenvalue weighted by atomic mass is 9.79. The van der Waals surface area contributed by atoms with E-state index in [2.05, 4.69) is 438 Å². The number of fused-ring (bicyclic) bond motifs is 7. The number of aromatic nitrogens is 7. The predicted octanol–water partition coefficient (Wildman–Crippen LogP) is 28.7. The molecule has 0 unspecified atom stereocenters. The van der Waals surface area contributed by atoms with Crippen molar-refractivity contribution in [3.8, 4) is 191 Å². The Labute approximate surface area is 692 Å². The van der Waals surface area contributed by atoms with E-state index in [1.54, 1.807) is 0 Å². The molecule has 1 aliphatic rings. The lowest BCUT2D eigenvalue weighted by molar-refractivity contribution is 0.666. The molecule has 0 saturated carbocycles. The van der Waals surface area contributed by atoms with Crippen LogP contribution < -0.4 is 0 Å². The third-order valence-electron chi connectivity index (χ3n) is 23.5. The van der Waals surface area contributed by atoms with Crippen molar-refractivity contribution in [2.24, 2.45) is 7.05 Å². The minimum absolute atomic E-state index is 0.359. The highest BCUT2D eigenvalue weighted by Gasteiger charge is 2.39. The smallest absolute Gasteiger partial charge is 0.164 e. The van der Waals surface area contributed by atoms with Gasteiger partial charge in [-0.15, -0.1) is 0 Å². The van der Waals surface area contributed by atoms with Crippen molar-refractivity contribution >= 4 is 21.8 Å². The molecule has 3 aromatic heterocycles. The molecular weight excluding hydrogens is 1440 g/mol. The second kappa shape index (κ2) is 30.1. The lowest BCUT2D eigenvalue weighted by Gasteiger charge is -2.23. The van der Waals surface area contributed by atoms with E-state index in [0.29, 0.717) is 34.9 Å². The Morgan fingerprint density at radius 3 is 0.739 bits per heavy atom. The SMILES string of the molecule is Cn1c2c(-c3cccc(-c4nc(-c5cc(-c6ccccc6)cc(-c6ccccc6)c5)nc(-c5cc(-c6ccccc6)cc(-c6ccccc6)c5)n4)c3)cccc2c2c3c(cc(-c4cccc(-c5nc(-c6cc(-c7ccccc7)cc(-c7ccccc7)c6)nc(-c6cc(-c7ccccc7)cc(-c7ccccc7)c6)n5)c4)c21)-c1ccccc1C3(C)C. The van der Waals surface area contributed by atoms with Gasteiger partial charge in [0.25, 0.3) is 0 Å². The van der Waals surface area contributed by atoms with Crippen LogP contribution in [0.3, 0.4) is 0 Å². The summed E-state index contributed by atoms with van der Waals surface area (Å²) >= 11 is 0. The third-order valence-corrected chi connectivity index (χ3v) is 23.5. The monoisotopic (exact) mass is 1520 g/mol. The summed E-state index contributed by atoms with van der Waals surface area (Å²) in [6.45, 7) is 4.79. The first kappa shape index (κ1) is 71.3. The lowest BCUT2D eigenvalue weighted by Crippen LogP contribution is -2.15. The zero-order valence-electron chi connectivity index (χ0n) is 65.9. The van der Waals surface area contributed by atoms with Crippen molar-refractivity contribution in [1.29, 1.82) is 0 Å². The Morgan fingerprint density at radius 2 is 0.420 bits per heavy atom. The highest BCUT2D eigenvalue weighted by Crippen LogP contribution is 2.56. The molecule has 1 aliphatic carbocycles. The van der Waals surface area contributed by atoms with Crippen LogP contribution in [-0.4, -0.2) is 34.5 Å². The third kappa shape index (κ3) is 13.5. The van der Waals surface area contributed by atoms with Crippen LogP contribution in [0.1, 0.15) is 25.0 Å². The Balaban J connectivity index is 0.755. The van der Waals surface area contributed by atoms with E-state index in [9.17, 15) is 0 Å². The molecule has 0 saturated heterocycles. The van der Waals surface area contributed by atoms with Crippen LogP contribution in [0.5, 0.6) is 0 Å². The Morgan fingerprint density at radius 1 is 0.185 bits per heavy atom.